The molecule has 1 saturated heterocycles. The van der Waals surface area contributed by atoms with E-state index in [0.717, 1.165) is 25.7 Å². The van der Waals surface area contributed by atoms with Gasteiger partial charge in [-0.2, -0.15) is 0 Å². The van der Waals surface area contributed by atoms with Gasteiger partial charge < -0.3 is 4.90 Å². The molecule has 0 aromatic carbocycles. The van der Waals surface area contributed by atoms with Gasteiger partial charge >= 0.3 is 0 Å². The molecule has 5 nitrogen and oxygen atoms in total. The average Bonchev–Trinajstić information content (AvgIpc) is 3.17. The highest BCUT2D eigenvalue weighted by atomic mass is 16.7. The molecule has 2 aliphatic carbocycles. The molecule has 0 radical (unpaired) electrons. The number of carbonyl (C=O) groups excluding carboxylic acids is 2. The first-order valence-electron chi connectivity index (χ1n) is 7.99. The number of carbonyl (C=O) groups is 2. The number of likely N-dealkylation sites (tertiary alicyclic amines) is 1. The molecule has 20 heavy (non-hydrogen) atoms. The van der Waals surface area contributed by atoms with E-state index >= 15 is 0 Å². The Hall–Kier alpha value is -1.10. The van der Waals surface area contributed by atoms with Gasteiger partial charge in [-0.15, -0.1) is 0 Å². The van der Waals surface area contributed by atoms with Crippen LogP contribution < -0.4 is 5.48 Å². The molecule has 2 saturated carbocycles. The van der Waals surface area contributed by atoms with Gasteiger partial charge in [0, 0.05) is 19.0 Å². The predicted molar refractivity (Wildman–Crippen MR) is 73.6 cm³/mol. The lowest BCUT2D eigenvalue weighted by Crippen LogP contribution is -2.37. The summed E-state index contributed by atoms with van der Waals surface area (Å²) in [5.74, 6) is -0.215. The average molecular weight is 280 g/mol. The molecule has 1 heterocycles. The van der Waals surface area contributed by atoms with Crippen LogP contribution in [0.1, 0.15) is 57.8 Å². The van der Waals surface area contributed by atoms with Gasteiger partial charge in [-0.3, -0.25) is 14.4 Å². The summed E-state index contributed by atoms with van der Waals surface area (Å²) in [5, 5.41) is 0. The lowest BCUT2D eigenvalue weighted by molar-refractivity contribution is -0.142. The van der Waals surface area contributed by atoms with Gasteiger partial charge in [0.05, 0.1) is 12.0 Å². The number of nitrogens with zero attached hydrogens (tertiary/aromatic N) is 1. The topological polar surface area (TPSA) is 58.6 Å². The summed E-state index contributed by atoms with van der Waals surface area (Å²) in [6.45, 7) is 0.573. The lowest BCUT2D eigenvalue weighted by atomic mass is 10.1. The molecule has 0 aromatic heterocycles. The van der Waals surface area contributed by atoms with Gasteiger partial charge in [-0.1, -0.05) is 25.7 Å². The third-order valence-corrected chi connectivity index (χ3v) is 4.92. The molecule has 112 valence electrons. The Balaban J connectivity index is 1.47. The van der Waals surface area contributed by atoms with Crippen molar-refractivity contribution in [3.8, 4) is 0 Å². The largest absolute Gasteiger partial charge is 0.339 e. The van der Waals surface area contributed by atoms with Crippen molar-refractivity contribution >= 4 is 11.8 Å². The molecule has 0 bridgehead atoms. The Morgan fingerprint density at radius 3 is 2.45 bits per heavy atom. The predicted octanol–water partition coefficient (Wildman–Crippen LogP) is 1.77. The van der Waals surface area contributed by atoms with Crippen LogP contribution in [0.25, 0.3) is 0 Å². The van der Waals surface area contributed by atoms with Crippen molar-refractivity contribution in [2.45, 2.75) is 69.9 Å². The molecule has 3 rings (SSSR count). The van der Waals surface area contributed by atoms with Gasteiger partial charge in [0.1, 0.15) is 0 Å². The number of hydrogen-bond donors (Lipinski definition) is 1. The van der Waals surface area contributed by atoms with E-state index in [-0.39, 0.29) is 23.8 Å². The van der Waals surface area contributed by atoms with Crippen LogP contribution in [0.5, 0.6) is 0 Å². The van der Waals surface area contributed by atoms with Gasteiger partial charge in [-0.05, 0) is 25.7 Å². The molecule has 1 unspecified atom stereocenters. The van der Waals surface area contributed by atoms with E-state index in [2.05, 4.69) is 5.48 Å². The molecule has 3 aliphatic rings. The van der Waals surface area contributed by atoms with E-state index in [0.29, 0.717) is 19.0 Å². The maximum Gasteiger partial charge on any atom is 0.248 e. The second-order valence-corrected chi connectivity index (χ2v) is 6.38. The van der Waals surface area contributed by atoms with Crippen LogP contribution >= 0.6 is 0 Å². The van der Waals surface area contributed by atoms with Crippen molar-refractivity contribution < 1.29 is 14.4 Å². The molecule has 0 aromatic rings. The van der Waals surface area contributed by atoms with Crippen LogP contribution in [0.2, 0.25) is 0 Å². The quantitative estimate of drug-likeness (QED) is 0.798. The second kappa shape index (κ2) is 6.12. The third kappa shape index (κ3) is 2.97. The Morgan fingerprint density at radius 2 is 1.75 bits per heavy atom. The third-order valence-electron chi connectivity index (χ3n) is 4.92. The van der Waals surface area contributed by atoms with E-state index in [9.17, 15) is 9.59 Å². The van der Waals surface area contributed by atoms with Crippen LogP contribution in [0.4, 0.5) is 0 Å². The fraction of sp³-hybridized carbons (Fsp3) is 0.867. The standard InChI is InChI=1S/C15H24N2O3/c18-14-9-11(10-17(14)12-5-1-2-6-12)15(19)16-20-13-7-3-4-8-13/h11-13H,1-10H2,(H,16,19). The summed E-state index contributed by atoms with van der Waals surface area (Å²) in [7, 11) is 0. The fourth-order valence-electron chi connectivity index (χ4n) is 3.71. The number of rotatable bonds is 4. The maximum absolute atomic E-state index is 12.1. The Bertz CT molecular complexity index is 373. The normalized spacial score (nSPS) is 28.5. The zero-order chi connectivity index (χ0) is 13.9. The summed E-state index contributed by atoms with van der Waals surface area (Å²) in [5.41, 5.74) is 2.58. The molecule has 1 atom stereocenters. The summed E-state index contributed by atoms with van der Waals surface area (Å²) >= 11 is 0. The fourth-order valence-corrected chi connectivity index (χ4v) is 3.71. The summed E-state index contributed by atoms with van der Waals surface area (Å²) in [6, 6.07) is 0.371. The smallest absolute Gasteiger partial charge is 0.248 e. The van der Waals surface area contributed by atoms with Crippen LogP contribution in [-0.4, -0.2) is 35.4 Å². The molecular formula is C15H24N2O3. The minimum Gasteiger partial charge on any atom is -0.339 e. The number of hydroxylamine groups is 1. The summed E-state index contributed by atoms with van der Waals surface area (Å²) < 4.78 is 0. The summed E-state index contributed by atoms with van der Waals surface area (Å²) in [4.78, 5) is 31.5. The zero-order valence-electron chi connectivity index (χ0n) is 12.0. The number of amides is 2. The van der Waals surface area contributed by atoms with E-state index in [4.69, 9.17) is 4.84 Å². The van der Waals surface area contributed by atoms with Crippen molar-refractivity contribution in [1.82, 2.24) is 10.4 Å². The van der Waals surface area contributed by atoms with E-state index < -0.39 is 0 Å². The lowest BCUT2D eigenvalue weighted by Gasteiger charge is -2.24. The highest BCUT2D eigenvalue weighted by molar-refractivity contribution is 5.89. The molecule has 1 aliphatic heterocycles. The van der Waals surface area contributed by atoms with Crippen molar-refractivity contribution in [2.24, 2.45) is 5.92 Å². The number of hydrogen-bond acceptors (Lipinski definition) is 3. The highest BCUT2D eigenvalue weighted by Gasteiger charge is 2.38. The first-order valence-corrected chi connectivity index (χ1v) is 7.99. The van der Waals surface area contributed by atoms with Crippen molar-refractivity contribution in [3.05, 3.63) is 0 Å². The maximum atomic E-state index is 12.1. The Labute approximate surface area is 120 Å². The molecule has 2 amide bonds. The van der Waals surface area contributed by atoms with Gasteiger partial charge in [0.2, 0.25) is 11.8 Å². The van der Waals surface area contributed by atoms with Crippen LogP contribution in [0, 0.1) is 5.92 Å². The van der Waals surface area contributed by atoms with E-state index in [1.165, 1.54) is 25.7 Å². The van der Waals surface area contributed by atoms with Gasteiger partial charge in [-0.25, -0.2) is 5.48 Å². The minimum absolute atomic E-state index is 0.120. The molecule has 5 heteroatoms. The van der Waals surface area contributed by atoms with Crippen LogP contribution in [-0.2, 0) is 14.4 Å². The Morgan fingerprint density at radius 1 is 1.10 bits per heavy atom. The van der Waals surface area contributed by atoms with E-state index in [1.807, 2.05) is 4.90 Å². The minimum atomic E-state index is -0.232. The zero-order valence-corrected chi connectivity index (χ0v) is 12.0. The van der Waals surface area contributed by atoms with Gasteiger partial charge in [0.25, 0.3) is 0 Å². The van der Waals surface area contributed by atoms with E-state index in [1.54, 1.807) is 0 Å². The highest BCUT2D eigenvalue weighted by Crippen LogP contribution is 2.29. The monoisotopic (exact) mass is 280 g/mol. The molecular weight excluding hydrogens is 256 g/mol. The SMILES string of the molecule is O=C(NOC1CCCC1)C1CC(=O)N(C2CCCC2)C1. The second-order valence-electron chi connectivity index (χ2n) is 6.38. The first-order chi connectivity index (χ1) is 9.74. The molecule has 3 fully saturated rings. The van der Waals surface area contributed by atoms with Crippen LogP contribution in [0.15, 0.2) is 0 Å². The number of nitrogens with one attached hydrogen (secondary N) is 1. The Kier molecular flexibility index (Phi) is 4.24. The van der Waals surface area contributed by atoms with Crippen molar-refractivity contribution in [1.29, 1.82) is 0 Å². The summed E-state index contributed by atoms with van der Waals surface area (Å²) in [6.07, 6.45) is 9.52. The van der Waals surface area contributed by atoms with Crippen LogP contribution in [0.3, 0.4) is 0 Å². The molecule has 0 spiro atoms. The van der Waals surface area contributed by atoms with Crippen molar-refractivity contribution in [2.75, 3.05) is 6.54 Å². The van der Waals surface area contributed by atoms with Crippen molar-refractivity contribution in [3.63, 3.8) is 0 Å². The molecule has 1 N–H and O–H groups in total. The van der Waals surface area contributed by atoms with Gasteiger partial charge in [0.15, 0.2) is 0 Å². The first kappa shape index (κ1) is 13.9.